The molecular formula is C19H20FNO6S2. The monoisotopic (exact) mass is 441 g/mol. The summed E-state index contributed by atoms with van der Waals surface area (Å²) in [5, 5.41) is 1.93. The summed E-state index contributed by atoms with van der Waals surface area (Å²) >= 11 is 0. The largest absolute Gasteiger partial charge is 0.454 e. The molecule has 0 aromatic heterocycles. The molecule has 2 heterocycles. The Labute approximate surface area is 168 Å². The highest BCUT2D eigenvalue weighted by Gasteiger charge is 2.46. The summed E-state index contributed by atoms with van der Waals surface area (Å²) in [6.07, 6.45) is 0. The maximum atomic E-state index is 13.4. The molecule has 0 spiro atoms. The first-order valence-corrected chi connectivity index (χ1v) is 12.3. The van der Waals surface area contributed by atoms with Crippen LogP contribution in [0.25, 0.3) is 0 Å². The van der Waals surface area contributed by atoms with Crippen LogP contribution in [0.3, 0.4) is 0 Å². The van der Waals surface area contributed by atoms with Crippen molar-refractivity contribution in [2.75, 3.05) is 18.3 Å². The van der Waals surface area contributed by atoms with Crippen molar-refractivity contribution >= 4 is 19.7 Å². The molecule has 0 radical (unpaired) electrons. The third-order valence-electron chi connectivity index (χ3n) is 5.15. The van der Waals surface area contributed by atoms with Gasteiger partial charge in [-0.05, 0) is 48.4 Å². The first kappa shape index (κ1) is 20.1. The van der Waals surface area contributed by atoms with Gasteiger partial charge in [-0.15, -0.1) is 0 Å². The molecule has 7 nitrogen and oxygen atoms in total. The third-order valence-corrected chi connectivity index (χ3v) is 9.46. The van der Waals surface area contributed by atoms with Crippen LogP contribution in [0.1, 0.15) is 11.1 Å². The summed E-state index contributed by atoms with van der Waals surface area (Å²) in [5.41, 5.74) is 1.07. The molecule has 0 aliphatic carbocycles. The number of ether oxygens (including phenoxy) is 2. The number of nitrogens with one attached hydrogen (secondary N) is 1. The number of halogens is 1. The van der Waals surface area contributed by atoms with Gasteiger partial charge in [0.15, 0.2) is 31.2 Å². The highest BCUT2D eigenvalue weighted by Crippen LogP contribution is 2.33. The van der Waals surface area contributed by atoms with Crippen LogP contribution in [0.2, 0.25) is 0 Å². The van der Waals surface area contributed by atoms with Crippen LogP contribution in [-0.2, 0) is 26.2 Å². The average Bonchev–Trinajstić information content (AvgIpc) is 3.22. The average molecular weight is 442 g/mol. The van der Waals surface area contributed by atoms with Crippen molar-refractivity contribution in [3.05, 3.63) is 53.3 Å². The fourth-order valence-electron chi connectivity index (χ4n) is 3.71. The van der Waals surface area contributed by atoms with Crippen molar-refractivity contribution in [3.63, 3.8) is 0 Å². The number of hydrogen-bond donors (Lipinski definition) is 1. The van der Waals surface area contributed by atoms with E-state index < -0.39 is 42.5 Å². The molecule has 0 saturated carbocycles. The number of hydrogen-bond acceptors (Lipinski definition) is 7. The SMILES string of the molecule is Cc1cc(F)ccc1S(=O)(=O)[C@H]1CS(=O)(=O)C[C@@H]1NCc1ccc2c(c1)OCO2. The number of aryl methyl sites for hydroxylation is 1. The molecule has 1 saturated heterocycles. The van der Waals surface area contributed by atoms with Crippen LogP contribution >= 0.6 is 0 Å². The summed E-state index contributed by atoms with van der Waals surface area (Å²) in [6.45, 7) is 1.91. The molecule has 4 rings (SSSR count). The topological polar surface area (TPSA) is 98.8 Å². The minimum absolute atomic E-state index is 0.0455. The van der Waals surface area contributed by atoms with Gasteiger partial charge in [-0.25, -0.2) is 21.2 Å². The van der Waals surface area contributed by atoms with E-state index in [1.54, 1.807) is 18.2 Å². The fourth-order valence-corrected chi connectivity index (χ4v) is 8.65. The number of benzene rings is 2. The van der Waals surface area contributed by atoms with Crippen molar-refractivity contribution in [1.29, 1.82) is 0 Å². The van der Waals surface area contributed by atoms with E-state index in [0.29, 0.717) is 11.5 Å². The molecule has 0 bridgehead atoms. The smallest absolute Gasteiger partial charge is 0.231 e. The molecule has 1 fully saturated rings. The molecule has 29 heavy (non-hydrogen) atoms. The van der Waals surface area contributed by atoms with E-state index in [0.717, 1.165) is 17.7 Å². The van der Waals surface area contributed by atoms with Gasteiger partial charge >= 0.3 is 0 Å². The quantitative estimate of drug-likeness (QED) is 0.704. The van der Waals surface area contributed by atoms with Crippen molar-refractivity contribution in [2.24, 2.45) is 0 Å². The van der Waals surface area contributed by atoms with Gasteiger partial charge in [-0.3, -0.25) is 0 Å². The second kappa shape index (κ2) is 7.26. The second-order valence-electron chi connectivity index (χ2n) is 7.25. The zero-order valence-corrected chi connectivity index (χ0v) is 17.2. The summed E-state index contributed by atoms with van der Waals surface area (Å²) in [4.78, 5) is -0.0455. The maximum absolute atomic E-state index is 13.4. The second-order valence-corrected chi connectivity index (χ2v) is 11.5. The van der Waals surface area contributed by atoms with Gasteiger partial charge in [0.1, 0.15) is 5.82 Å². The lowest BCUT2D eigenvalue weighted by Gasteiger charge is -2.21. The first-order valence-electron chi connectivity index (χ1n) is 8.98. The van der Waals surface area contributed by atoms with Gasteiger partial charge in [0.25, 0.3) is 0 Å². The van der Waals surface area contributed by atoms with E-state index >= 15 is 0 Å². The summed E-state index contributed by atoms with van der Waals surface area (Å²) in [7, 11) is -7.50. The predicted octanol–water partition coefficient (Wildman–Crippen LogP) is 1.59. The van der Waals surface area contributed by atoms with Crippen LogP contribution in [0.5, 0.6) is 11.5 Å². The van der Waals surface area contributed by atoms with E-state index in [1.165, 1.54) is 13.0 Å². The molecule has 10 heteroatoms. The molecule has 2 aromatic carbocycles. The molecule has 2 aliphatic rings. The van der Waals surface area contributed by atoms with Gasteiger partial charge < -0.3 is 14.8 Å². The number of fused-ring (bicyclic) bond motifs is 1. The standard InChI is InChI=1S/C19H20FNO6S2/c1-12-6-14(20)3-5-18(12)29(24,25)19-10-28(22,23)9-15(19)21-8-13-2-4-16-17(7-13)27-11-26-16/h2-7,15,19,21H,8-11H2,1H3/t15-,19-/m0/s1. The fraction of sp³-hybridized carbons (Fsp3) is 0.368. The van der Waals surface area contributed by atoms with E-state index in [4.69, 9.17) is 9.47 Å². The Kier molecular flexibility index (Phi) is 5.04. The van der Waals surface area contributed by atoms with Crippen molar-refractivity contribution in [3.8, 4) is 11.5 Å². The van der Waals surface area contributed by atoms with Crippen molar-refractivity contribution in [2.45, 2.75) is 29.7 Å². The predicted molar refractivity (Wildman–Crippen MR) is 104 cm³/mol. The minimum atomic E-state index is -3.97. The Morgan fingerprint density at radius 3 is 2.62 bits per heavy atom. The third kappa shape index (κ3) is 3.96. The normalized spacial score (nSPS) is 22.7. The molecule has 2 atom stereocenters. The minimum Gasteiger partial charge on any atom is -0.454 e. The number of rotatable bonds is 5. The molecule has 1 N–H and O–H groups in total. The van der Waals surface area contributed by atoms with Crippen molar-refractivity contribution in [1.82, 2.24) is 5.32 Å². The molecular weight excluding hydrogens is 421 g/mol. The van der Waals surface area contributed by atoms with Crippen LogP contribution in [0.4, 0.5) is 4.39 Å². The lowest BCUT2D eigenvalue weighted by atomic mass is 10.2. The maximum Gasteiger partial charge on any atom is 0.231 e. The van der Waals surface area contributed by atoms with Gasteiger partial charge in [0, 0.05) is 12.6 Å². The summed E-state index contributed by atoms with van der Waals surface area (Å²) in [5.74, 6) is -0.0658. The van der Waals surface area contributed by atoms with E-state index in [1.807, 2.05) is 0 Å². The van der Waals surface area contributed by atoms with Crippen LogP contribution < -0.4 is 14.8 Å². The van der Waals surface area contributed by atoms with Gasteiger partial charge in [0.2, 0.25) is 6.79 Å². The zero-order chi connectivity index (χ0) is 20.8. The van der Waals surface area contributed by atoms with Crippen LogP contribution in [0, 0.1) is 12.7 Å². The van der Waals surface area contributed by atoms with Crippen molar-refractivity contribution < 1.29 is 30.7 Å². The Morgan fingerprint density at radius 2 is 1.86 bits per heavy atom. The highest BCUT2D eigenvalue weighted by atomic mass is 32.2. The summed E-state index contributed by atoms with van der Waals surface area (Å²) in [6, 6.07) is 7.94. The van der Waals surface area contributed by atoms with E-state index in [-0.39, 0.29) is 29.5 Å². The highest BCUT2D eigenvalue weighted by molar-refractivity contribution is 7.96. The lowest BCUT2D eigenvalue weighted by molar-refractivity contribution is 0.174. The van der Waals surface area contributed by atoms with Crippen LogP contribution in [-0.4, -0.2) is 46.4 Å². The molecule has 0 amide bonds. The van der Waals surface area contributed by atoms with Gasteiger partial charge in [-0.2, -0.15) is 0 Å². The Morgan fingerprint density at radius 1 is 1.10 bits per heavy atom. The molecule has 0 unspecified atom stereocenters. The Bertz CT molecular complexity index is 1160. The van der Waals surface area contributed by atoms with Gasteiger partial charge in [-0.1, -0.05) is 6.07 Å². The number of sulfone groups is 2. The summed E-state index contributed by atoms with van der Waals surface area (Å²) < 4.78 is 74.8. The lowest BCUT2D eigenvalue weighted by Crippen LogP contribution is -2.43. The Balaban J connectivity index is 1.58. The van der Waals surface area contributed by atoms with E-state index in [9.17, 15) is 21.2 Å². The van der Waals surface area contributed by atoms with Gasteiger partial charge in [0.05, 0.1) is 21.7 Å². The van der Waals surface area contributed by atoms with E-state index in [2.05, 4.69) is 5.32 Å². The Hall–Kier alpha value is -2.17. The molecule has 156 valence electrons. The molecule has 2 aromatic rings. The zero-order valence-electron chi connectivity index (χ0n) is 15.6. The first-order chi connectivity index (χ1) is 13.7. The van der Waals surface area contributed by atoms with Crippen LogP contribution in [0.15, 0.2) is 41.3 Å². The molecule has 2 aliphatic heterocycles.